The topological polar surface area (TPSA) is 92.9 Å². The fourth-order valence-electron chi connectivity index (χ4n) is 1.61. The number of aryl methyl sites for hydroxylation is 1. The lowest BCUT2D eigenvalue weighted by Crippen LogP contribution is -2.12. The summed E-state index contributed by atoms with van der Waals surface area (Å²) in [5, 5.41) is 6.55. The Hall–Kier alpha value is -2.15. The maximum Gasteiger partial charge on any atom is 0.269 e. The van der Waals surface area contributed by atoms with Crippen LogP contribution in [-0.4, -0.2) is 22.4 Å². The molecule has 0 saturated carbocycles. The van der Waals surface area contributed by atoms with E-state index in [-0.39, 0.29) is 11.7 Å². The summed E-state index contributed by atoms with van der Waals surface area (Å²) in [5.41, 5.74) is 7.40. The van der Waals surface area contributed by atoms with E-state index in [1.807, 2.05) is 13.0 Å². The van der Waals surface area contributed by atoms with Gasteiger partial charge in [-0.2, -0.15) is 0 Å². The molecule has 7 heteroatoms. The molecule has 0 bridgehead atoms. The highest BCUT2D eigenvalue weighted by atomic mass is 32.1. The molecule has 0 fully saturated rings. The van der Waals surface area contributed by atoms with E-state index >= 15 is 0 Å². The molecule has 4 N–H and O–H groups in total. The Morgan fingerprint density at radius 1 is 1.45 bits per heavy atom. The largest absolute Gasteiger partial charge is 0.382 e. The quantitative estimate of drug-likeness (QED) is 0.787. The van der Waals surface area contributed by atoms with Crippen molar-refractivity contribution in [3.8, 4) is 0 Å². The molecule has 2 rings (SSSR count). The Balaban J connectivity index is 2.11. The third kappa shape index (κ3) is 3.45. The molecule has 0 spiro atoms. The molecule has 0 atom stereocenters. The minimum atomic E-state index is -0.267. The number of nitrogens with two attached hydrogens (primary N) is 1. The number of pyridine rings is 1. The van der Waals surface area contributed by atoms with E-state index in [1.165, 1.54) is 11.3 Å². The van der Waals surface area contributed by atoms with Crippen LogP contribution in [-0.2, 0) is 0 Å². The van der Waals surface area contributed by atoms with Gasteiger partial charge in [0.2, 0.25) is 0 Å². The lowest BCUT2D eigenvalue weighted by atomic mass is 10.3. The fourth-order valence-corrected chi connectivity index (χ4v) is 2.42. The van der Waals surface area contributed by atoms with Gasteiger partial charge in [-0.1, -0.05) is 18.3 Å². The molecule has 0 aromatic carbocycles. The zero-order valence-corrected chi connectivity index (χ0v) is 12.3. The van der Waals surface area contributed by atoms with Gasteiger partial charge in [-0.15, -0.1) is 0 Å². The van der Waals surface area contributed by atoms with E-state index < -0.39 is 0 Å². The summed E-state index contributed by atoms with van der Waals surface area (Å²) < 4.78 is 0. The fraction of sp³-hybridized carbons (Fsp3) is 0.308. The van der Waals surface area contributed by atoms with Crippen LogP contribution in [0.25, 0.3) is 0 Å². The number of anilines is 3. The molecule has 0 aliphatic carbocycles. The number of carbonyl (C=O) groups is 1. The van der Waals surface area contributed by atoms with Crippen molar-refractivity contribution in [2.24, 2.45) is 0 Å². The van der Waals surface area contributed by atoms with Gasteiger partial charge in [-0.3, -0.25) is 9.78 Å². The minimum absolute atomic E-state index is 0.242. The summed E-state index contributed by atoms with van der Waals surface area (Å²) in [7, 11) is 0. The smallest absolute Gasteiger partial charge is 0.269 e. The Bertz CT molecular complexity index is 611. The molecule has 2 aromatic rings. The number of rotatable bonds is 5. The first-order valence-electron chi connectivity index (χ1n) is 6.33. The predicted octanol–water partition coefficient (Wildman–Crippen LogP) is 2.50. The lowest BCUT2D eigenvalue weighted by Gasteiger charge is -2.03. The molecule has 2 heterocycles. The standard InChI is InChI=1S/C13H17N5OS/c1-3-4-16-13-18-11(14)10(20-13)12(19)17-9-5-8(2)6-15-7-9/h5-7H,3-4,14H2,1-2H3,(H,16,18)(H,17,19). The number of thiazole rings is 1. The van der Waals surface area contributed by atoms with Gasteiger partial charge in [0.1, 0.15) is 10.7 Å². The summed E-state index contributed by atoms with van der Waals surface area (Å²) in [5.74, 6) is -0.0244. The molecule has 2 aromatic heterocycles. The first-order chi connectivity index (χ1) is 9.60. The van der Waals surface area contributed by atoms with Crippen LogP contribution in [0.15, 0.2) is 18.5 Å². The van der Waals surface area contributed by atoms with Crippen molar-refractivity contribution in [1.82, 2.24) is 9.97 Å². The van der Waals surface area contributed by atoms with Gasteiger partial charge >= 0.3 is 0 Å². The van der Waals surface area contributed by atoms with Crippen molar-refractivity contribution in [1.29, 1.82) is 0 Å². The van der Waals surface area contributed by atoms with Crippen molar-refractivity contribution in [2.45, 2.75) is 20.3 Å². The molecular weight excluding hydrogens is 274 g/mol. The molecule has 0 radical (unpaired) electrons. The number of amides is 1. The van der Waals surface area contributed by atoms with Crippen molar-refractivity contribution in [3.05, 3.63) is 28.9 Å². The van der Waals surface area contributed by atoms with Crippen LogP contribution in [0.5, 0.6) is 0 Å². The van der Waals surface area contributed by atoms with Crippen molar-refractivity contribution in [2.75, 3.05) is 22.9 Å². The van der Waals surface area contributed by atoms with E-state index in [2.05, 4.69) is 27.5 Å². The third-order valence-corrected chi connectivity index (χ3v) is 3.55. The van der Waals surface area contributed by atoms with Crippen LogP contribution in [0.3, 0.4) is 0 Å². The van der Waals surface area contributed by atoms with Crippen LogP contribution in [0.1, 0.15) is 28.6 Å². The van der Waals surface area contributed by atoms with E-state index in [4.69, 9.17) is 5.73 Å². The molecule has 0 aliphatic heterocycles. The second-order valence-corrected chi connectivity index (χ2v) is 5.36. The van der Waals surface area contributed by atoms with Gasteiger partial charge in [-0.05, 0) is 25.0 Å². The Morgan fingerprint density at radius 2 is 2.25 bits per heavy atom. The third-order valence-electron chi connectivity index (χ3n) is 2.52. The highest BCUT2D eigenvalue weighted by molar-refractivity contribution is 7.18. The molecular formula is C13H17N5OS. The van der Waals surface area contributed by atoms with E-state index in [9.17, 15) is 4.79 Å². The summed E-state index contributed by atoms with van der Waals surface area (Å²) in [6.07, 6.45) is 4.30. The highest BCUT2D eigenvalue weighted by Gasteiger charge is 2.16. The van der Waals surface area contributed by atoms with E-state index in [0.717, 1.165) is 18.5 Å². The first-order valence-corrected chi connectivity index (χ1v) is 7.15. The molecule has 6 nitrogen and oxygen atoms in total. The normalized spacial score (nSPS) is 10.3. The molecule has 20 heavy (non-hydrogen) atoms. The number of nitrogens with zero attached hydrogens (tertiary/aromatic N) is 2. The molecule has 0 unspecified atom stereocenters. The maximum absolute atomic E-state index is 12.2. The van der Waals surface area contributed by atoms with Gasteiger partial charge in [-0.25, -0.2) is 4.98 Å². The molecule has 1 amide bonds. The summed E-state index contributed by atoms with van der Waals surface area (Å²) in [6.45, 7) is 4.77. The Labute approximate surface area is 121 Å². The molecule has 0 aliphatic rings. The number of carbonyl (C=O) groups excluding carboxylic acids is 1. The van der Waals surface area contributed by atoms with Crippen LogP contribution < -0.4 is 16.4 Å². The van der Waals surface area contributed by atoms with Crippen molar-refractivity contribution < 1.29 is 4.79 Å². The van der Waals surface area contributed by atoms with Gasteiger partial charge in [0.15, 0.2) is 5.13 Å². The Kier molecular flexibility index (Phi) is 4.52. The van der Waals surface area contributed by atoms with Gasteiger partial charge in [0.05, 0.1) is 11.9 Å². The van der Waals surface area contributed by atoms with E-state index in [1.54, 1.807) is 12.4 Å². The molecule has 0 saturated heterocycles. The lowest BCUT2D eigenvalue weighted by molar-refractivity contribution is 0.103. The predicted molar refractivity (Wildman–Crippen MR) is 82.2 cm³/mol. The number of aromatic nitrogens is 2. The van der Waals surface area contributed by atoms with Gasteiger partial charge in [0.25, 0.3) is 5.91 Å². The van der Waals surface area contributed by atoms with Gasteiger partial charge in [0, 0.05) is 12.7 Å². The maximum atomic E-state index is 12.2. The zero-order valence-electron chi connectivity index (χ0n) is 11.4. The van der Waals surface area contributed by atoms with Crippen molar-refractivity contribution >= 4 is 33.9 Å². The first kappa shape index (κ1) is 14.3. The summed E-state index contributed by atoms with van der Waals surface area (Å²) >= 11 is 1.25. The van der Waals surface area contributed by atoms with Crippen LogP contribution >= 0.6 is 11.3 Å². The van der Waals surface area contributed by atoms with E-state index in [0.29, 0.717) is 15.7 Å². The Morgan fingerprint density at radius 3 is 2.95 bits per heavy atom. The highest BCUT2D eigenvalue weighted by Crippen LogP contribution is 2.25. The van der Waals surface area contributed by atoms with Crippen LogP contribution in [0.2, 0.25) is 0 Å². The number of hydrogen-bond acceptors (Lipinski definition) is 6. The van der Waals surface area contributed by atoms with Gasteiger partial charge < -0.3 is 16.4 Å². The summed E-state index contributed by atoms with van der Waals surface area (Å²) in [4.78, 5) is 20.7. The average molecular weight is 291 g/mol. The number of nitrogens with one attached hydrogen (secondary N) is 2. The van der Waals surface area contributed by atoms with Crippen LogP contribution in [0.4, 0.5) is 16.6 Å². The zero-order chi connectivity index (χ0) is 14.5. The van der Waals surface area contributed by atoms with Crippen LogP contribution in [0, 0.1) is 6.92 Å². The second kappa shape index (κ2) is 6.33. The number of nitrogen functional groups attached to an aromatic ring is 1. The van der Waals surface area contributed by atoms with Crippen molar-refractivity contribution in [3.63, 3.8) is 0 Å². The number of hydrogen-bond donors (Lipinski definition) is 3. The SMILES string of the molecule is CCCNc1nc(N)c(C(=O)Nc2cncc(C)c2)s1. The minimum Gasteiger partial charge on any atom is -0.382 e. The summed E-state index contributed by atoms with van der Waals surface area (Å²) in [6, 6.07) is 1.85. The monoisotopic (exact) mass is 291 g/mol. The average Bonchev–Trinajstić information content (AvgIpc) is 2.77. The molecule has 106 valence electrons. The second-order valence-electron chi connectivity index (χ2n) is 4.37.